The van der Waals surface area contributed by atoms with E-state index in [1.54, 1.807) is 23.7 Å². The Hall–Kier alpha value is -1.95. The number of ether oxygens (including phenoxy) is 1. The highest BCUT2D eigenvalue weighted by molar-refractivity contribution is 9.11. The number of benzene rings is 2. The molecule has 30 heavy (non-hydrogen) atoms. The van der Waals surface area contributed by atoms with Gasteiger partial charge in [0, 0.05) is 10.2 Å². The first-order valence-electron chi connectivity index (χ1n) is 8.63. The lowest BCUT2D eigenvalue weighted by molar-refractivity contribution is 0.0974. The number of hydrogen-bond donors (Lipinski definition) is 2. The van der Waals surface area contributed by atoms with Crippen molar-refractivity contribution in [3.63, 3.8) is 0 Å². The molecule has 0 saturated heterocycles. The van der Waals surface area contributed by atoms with Crippen molar-refractivity contribution in [1.82, 2.24) is 20.2 Å². The summed E-state index contributed by atoms with van der Waals surface area (Å²) in [6.07, 6.45) is 0. The van der Waals surface area contributed by atoms with Gasteiger partial charge in [0.1, 0.15) is 11.6 Å². The molecule has 0 fully saturated rings. The predicted molar refractivity (Wildman–Crippen MR) is 129 cm³/mol. The molecule has 156 valence electrons. The normalized spacial score (nSPS) is 10.5. The zero-order valence-electron chi connectivity index (χ0n) is 16.0. The van der Waals surface area contributed by atoms with Crippen molar-refractivity contribution in [2.45, 2.75) is 17.8 Å². The molecule has 0 radical (unpaired) electrons. The number of hydrogen-bond acceptors (Lipinski definition) is 6. The molecule has 0 aliphatic heterocycles. The molecule has 2 aromatic carbocycles. The van der Waals surface area contributed by atoms with Crippen LogP contribution in [0.3, 0.4) is 0 Å². The Balaban J connectivity index is 1.70. The van der Waals surface area contributed by atoms with Gasteiger partial charge in [0.25, 0.3) is 5.91 Å². The number of halogens is 2. The van der Waals surface area contributed by atoms with Gasteiger partial charge in [-0.3, -0.25) is 15.5 Å². The van der Waals surface area contributed by atoms with Crippen LogP contribution < -0.4 is 15.5 Å². The molecule has 2 N–H and O–H groups in total. The van der Waals surface area contributed by atoms with Crippen molar-refractivity contribution in [1.29, 1.82) is 0 Å². The summed E-state index contributed by atoms with van der Waals surface area (Å²) in [6, 6.07) is 13.5. The van der Waals surface area contributed by atoms with Gasteiger partial charge in [-0.2, -0.15) is 0 Å². The van der Waals surface area contributed by atoms with Crippen LogP contribution in [-0.4, -0.2) is 33.0 Å². The Kier molecular flexibility index (Phi) is 7.87. The number of methoxy groups -OCH3 is 1. The SMILES string of the molecule is COc1c(Br)cc(Br)cc1C(=O)NC(=S)Nn1c(C)nnc1SCc1ccccc1. The third-order valence-electron chi connectivity index (χ3n) is 3.90. The predicted octanol–water partition coefficient (Wildman–Crippen LogP) is 4.67. The number of thiocarbonyl (C=S) groups is 1. The van der Waals surface area contributed by atoms with Crippen LogP contribution in [0.2, 0.25) is 0 Å². The molecule has 3 aromatic rings. The molecule has 0 atom stereocenters. The van der Waals surface area contributed by atoms with Crippen molar-refractivity contribution >= 4 is 66.9 Å². The zero-order valence-corrected chi connectivity index (χ0v) is 20.8. The Morgan fingerprint density at radius 1 is 1.23 bits per heavy atom. The zero-order chi connectivity index (χ0) is 21.7. The summed E-state index contributed by atoms with van der Waals surface area (Å²) in [5.41, 5.74) is 4.47. The van der Waals surface area contributed by atoms with E-state index in [0.29, 0.717) is 26.8 Å². The summed E-state index contributed by atoms with van der Waals surface area (Å²) in [5.74, 6) is 1.35. The van der Waals surface area contributed by atoms with Crippen LogP contribution in [0.4, 0.5) is 0 Å². The van der Waals surface area contributed by atoms with E-state index in [9.17, 15) is 4.79 Å². The Morgan fingerprint density at radius 2 is 1.97 bits per heavy atom. The standard InChI is InChI=1S/C19H17Br2N5O2S2/c1-11-23-24-19(30-10-12-6-4-3-5-7-12)26(11)25-18(29)22-17(27)14-8-13(20)9-15(21)16(14)28-2/h3-9H,10H2,1-2H3,(H2,22,25,27,29). The highest BCUT2D eigenvalue weighted by Crippen LogP contribution is 2.32. The number of aryl methyl sites for hydroxylation is 1. The van der Waals surface area contributed by atoms with Gasteiger partial charge >= 0.3 is 0 Å². The molecule has 0 spiro atoms. The van der Waals surface area contributed by atoms with E-state index in [4.69, 9.17) is 17.0 Å². The molecule has 1 heterocycles. The summed E-state index contributed by atoms with van der Waals surface area (Å²) < 4.78 is 8.35. The smallest absolute Gasteiger partial charge is 0.261 e. The van der Waals surface area contributed by atoms with Crippen LogP contribution in [-0.2, 0) is 5.75 Å². The monoisotopic (exact) mass is 569 g/mol. The Labute approximate surface area is 200 Å². The van der Waals surface area contributed by atoms with Crippen molar-refractivity contribution < 1.29 is 9.53 Å². The topological polar surface area (TPSA) is 81.1 Å². The van der Waals surface area contributed by atoms with Crippen molar-refractivity contribution in [3.05, 3.63) is 68.4 Å². The van der Waals surface area contributed by atoms with E-state index < -0.39 is 5.91 Å². The molecule has 0 saturated carbocycles. The van der Waals surface area contributed by atoms with Crippen LogP contribution in [0.25, 0.3) is 0 Å². The fourth-order valence-electron chi connectivity index (χ4n) is 2.52. The second-order valence-electron chi connectivity index (χ2n) is 6.00. The van der Waals surface area contributed by atoms with Crippen LogP contribution >= 0.6 is 55.8 Å². The number of carbonyl (C=O) groups is 1. The number of rotatable bonds is 6. The van der Waals surface area contributed by atoms with Crippen LogP contribution in [0.1, 0.15) is 21.7 Å². The van der Waals surface area contributed by atoms with Crippen LogP contribution in [0.5, 0.6) is 5.75 Å². The molecule has 3 rings (SSSR count). The lowest BCUT2D eigenvalue weighted by Crippen LogP contribution is -2.38. The third kappa shape index (κ3) is 5.60. The molecular weight excluding hydrogens is 554 g/mol. The van der Waals surface area contributed by atoms with Gasteiger partial charge in [-0.15, -0.1) is 10.2 Å². The third-order valence-corrected chi connectivity index (χ3v) is 6.14. The first kappa shape index (κ1) is 22.7. The number of aromatic nitrogens is 3. The van der Waals surface area contributed by atoms with E-state index in [1.165, 1.54) is 18.9 Å². The summed E-state index contributed by atoms with van der Waals surface area (Å²) in [6.45, 7) is 1.80. The maximum atomic E-state index is 12.7. The summed E-state index contributed by atoms with van der Waals surface area (Å²) in [5, 5.41) is 11.7. The van der Waals surface area contributed by atoms with Gasteiger partial charge in [0.05, 0.1) is 17.1 Å². The van der Waals surface area contributed by atoms with Gasteiger partial charge < -0.3 is 4.74 Å². The first-order chi connectivity index (χ1) is 14.4. The fourth-order valence-corrected chi connectivity index (χ4v) is 4.99. The lowest BCUT2D eigenvalue weighted by Gasteiger charge is -2.15. The average molecular weight is 571 g/mol. The lowest BCUT2D eigenvalue weighted by atomic mass is 10.2. The van der Waals surface area contributed by atoms with Crippen molar-refractivity contribution in [2.24, 2.45) is 0 Å². The maximum Gasteiger partial charge on any atom is 0.261 e. The summed E-state index contributed by atoms with van der Waals surface area (Å²) in [4.78, 5) is 12.7. The molecule has 0 aliphatic rings. The van der Waals surface area contributed by atoms with E-state index in [-0.39, 0.29) is 5.11 Å². The number of nitrogens with one attached hydrogen (secondary N) is 2. The molecule has 0 aliphatic carbocycles. The Bertz CT molecular complexity index is 1080. The van der Waals surface area contributed by atoms with Crippen LogP contribution in [0.15, 0.2) is 56.6 Å². The fraction of sp³-hybridized carbons (Fsp3) is 0.158. The largest absolute Gasteiger partial charge is 0.495 e. The van der Waals surface area contributed by atoms with Gasteiger partial charge in [-0.25, -0.2) is 4.68 Å². The van der Waals surface area contributed by atoms with Gasteiger partial charge in [0.15, 0.2) is 5.11 Å². The second kappa shape index (κ2) is 10.4. The van der Waals surface area contributed by atoms with Crippen LogP contribution in [0, 0.1) is 6.92 Å². The quantitative estimate of drug-likeness (QED) is 0.329. The van der Waals surface area contributed by atoms with Gasteiger partial charge in [-0.05, 0) is 52.8 Å². The highest BCUT2D eigenvalue weighted by Gasteiger charge is 2.18. The van der Waals surface area contributed by atoms with Crippen molar-refractivity contribution in [2.75, 3.05) is 12.5 Å². The number of thioether (sulfide) groups is 1. The second-order valence-corrected chi connectivity index (χ2v) is 9.12. The Morgan fingerprint density at radius 3 is 2.67 bits per heavy atom. The molecule has 0 bridgehead atoms. The van der Waals surface area contributed by atoms with E-state index >= 15 is 0 Å². The molecular formula is C19H17Br2N5O2S2. The molecule has 0 unspecified atom stereocenters. The molecule has 1 amide bonds. The minimum absolute atomic E-state index is 0.114. The van der Waals surface area contributed by atoms with Gasteiger partial charge in [0.2, 0.25) is 5.16 Å². The molecule has 7 nitrogen and oxygen atoms in total. The number of carbonyl (C=O) groups excluding carboxylic acids is 1. The minimum atomic E-state index is -0.407. The maximum absolute atomic E-state index is 12.7. The number of amides is 1. The van der Waals surface area contributed by atoms with Crippen molar-refractivity contribution in [3.8, 4) is 5.75 Å². The minimum Gasteiger partial charge on any atom is -0.495 e. The summed E-state index contributed by atoms with van der Waals surface area (Å²) >= 11 is 13.6. The van der Waals surface area contributed by atoms with E-state index in [2.05, 4.69) is 52.8 Å². The van der Waals surface area contributed by atoms with E-state index in [0.717, 1.165) is 15.8 Å². The molecule has 11 heteroatoms. The average Bonchev–Trinajstić information content (AvgIpc) is 3.06. The van der Waals surface area contributed by atoms with E-state index in [1.807, 2.05) is 30.3 Å². The first-order valence-corrected chi connectivity index (χ1v) is 11.6. The summed E-state index contributed by atoms with van der Waals surface area (Å²) in [7, 11) is 1.50. The molecule has 1 aromatic heterocycles. The van der Waals surface area contributed by atoms with Gasteiger partial charge in [-0.1, -0.05) is 58.0 Å². The number of nitrogens with zero attached hydrogens (tertiary/aromatic N) is 3. The highest BCUT2D eigenvalue weighted by atomic mass is 79.9.